The summed E-state index contributed by atoms with van der Waals surface area (Å²) in [5.41, 5.74) is 3.94. The van der Waals surface area contributed by atoms with Gasteiger partial charge in [-0.15, -0.1) is 11.3 Å². The number of fused-ring (bicyclic) bond motifs is 1. The molecule has 0 atom stereocenters. The van der Waals surface area contributed by atoms with Gasteiger partial charge in [-0.25, -0.2) is 9.88 Å². The van der Waals surface area contributed by atoms with E-state index < -0.39 is 0 Å². The number of aryl methyl sites for hydroxylation is 2. The average molecular weight is 360 g/mol. The quantitative estimate of drug-likeness (QED) is 0.500. The predicted molar refractivity (Wildman–Crippen MR) is 104 cm³/mol. The summed E-state index contributed by atoms with van der Waals surface area (Å²) < 4.78 is 0. The highest BCUT2D eigenvalue weighted by molar-refractivity contribution is 7.09. The van der Waals surface area contributed by atoms with E-state index in [9.17, 15) is 9.59 Å². The summed E-state index contributed by atoms with van der Waals surface area (Å²) in [6.07, 6.45) is 1.76. The van der Waals surface area contributed by atoms with Gasteiger partial charge in [0.05, 0.1) is 22.0 Å². The molecule has 5 heteroatoms. The zero-order chi connectivity index (χ0) is 18.3. The maximum absolute atomic E-state index is 13.2. The highest BCUT2D eigenvalue weighted by Gasteiger charge is 2.35. The molecule has 4 nitrogen and oxygen atoms in total. The Morgan fingerprint density at radius 3 is 2.42 bits per heavy atom. The summed E-state index contributed by atoms with van der Waals surface area (Å²) in [5, 5.41) is 2.84. The third-order valence-electron chi connectivity index (χ3n) is 4.27. The van der Waals surface area contributed by atoms with Crippen LogP contribution >= 0.6 is 11.3 Å². The standard InChI is InChI=1S/C21H16N2O2S/c1-13-6-5-7-16(10-13)23-20(24)18-9-4-3-8-17(18)19(21(23)25)11-15-12-26-14(2)22-15/h3-12H,1-2H3. The highest BCUT2D eigenvalue weighted by Crippen LogP contribution is 2.33. The van der Waals surface area contributed by atoms with E-state index in [1.54, 1.807) is 18.2 Å². The molecule has 2 aromatic carbocycles. The average Bonchev–Trinajstić information content (AvgIpc) is 3.04. The molecule has 2 heterocycles. The van der Waals surface area contributed by atoms with Gasteiger partial charge < -0.3 is 0 Å². The van der Waals surface area contributed by atoms with Crippen LogP contribution in [0.2, 0.25) is 0 Å². The van der Waals surface area contributed by atoms with Gasteiger partial charge in [0.25, 0.3) is 11.8 Å². The lowest BCUT2D eigenvalue weighted by molar-refractivity contribution is -0.112. The minimum atomic E-state index is -0.329. The predicted octanol–water partition coefficient (Wildman–Crippen LogP) is 4.49. The van der Waals surface area contributed by atoms with Crippen LogP contribution in [0.25, 0.3) is 11.6 Å². The van der Waals surface area contributed by atoms with Gasteiger partial charge in [-0.1, -0.05) is 30.3 Å². The largest absolute Gasteiger partial charge is 0.268 e. The Kier molecular flexibility index (Phi) is 4.01. The normalized spacial score (nSPS) is 15.5. The van der Waals surface area contributed by atoms with Crippen LogP contribution in [0.5, 0.6) is 0 Å². The monoisotopic (exact) mass is 360 g/mol. The molecule has 0 radical (unpaired) electrons. The smallest absolute Gasteiger partial charge is 0.266 e. The van der Waals surface area contributed by atoms with Gasteiger partial charge in [-0.05, 0) is 43.7 Å². The molecule has 0 bridgehead atoms. The Bertz CT molecular complexity index is 1070. The van der Waals surface area contributed by atoms with Crippen LogP contribution in [0, 0.1) is 13.8 Å². The number of carbonyl (C=O) groups excluding carboxylic acids is 2. The van der Waals surface area contributed by atoms with Crippen molar-refractivity contribution in [2.45, 2.75) is 13.8 Å². The molecule has 1 aliphatic rings. The molecule has 0 fully saturated rings. The van der Waals surface area contributed by atoms with Crippen LogP contribution in [0.1, 0.15) is 32.2 Å². The van der Waals surface area contributed by atoms with Crippen LogP contribution in [0.15, 0.2) is 53.9 Å². The minimum Gasteiger partial charge on any atom is -0.268 e. The number of hydrogen-bond donors (Lipinski definition) is 0. The molecule has 0 spiro atoms. The van der Waals surface area contributed by atoms with Crippen molar-refractivity contribution in [3.63, 3.8) is 0 Å². The fourth-order valence-electron chi connectivity index (χ4n) is 3.09. The van der Waals surface area contributed by atoms with Crippen LogP contribution in [-0.2, 0) is 4.79 Å². The minimum absolute atomic E-state index is 0.303. The van der Waals surface area contributed by atoms with Crippen molar-refractivity contribution in [1.82, 2.24) is 4.98 Å². The number of aromatic nitrogens is 1. The molecule has 4 rings (SSSR count). The summed E-state index contributed by atoms with van der Waals surface area (Å²) >= 11 is 1.53. The molecule has 1 aromatic heterocycles. The molecule has 0 saturated heterocycles. The lowest BCUT2D eigenvalue weighted by Gasteiger charge is -2.28. The molecule has 128 valence electrons. The molecule has 0 N–H and O–H groups in total. The van der Waals surface area contributed by atoms with Crippen molar-refractivity contribution in [2.24, 2.45) is 0 Å². The topological polar surface area (TPSA) is 50.3 Å². The van der Waals surface area contributed by atoms with E-state index in [0.717, 1.165) is 16.3 Å². The molecule has 0 aliphatic carbocycles. The van der Waals surface area contributed by atoms with Crippen LogP contribution < -0.4 is 4.90 Å². The molecule has 0 unspecified atom stereocenters. The first-order valence-electron chi connectivity index (χ1n) is 8.23. The van der Waals surface area contributed by atoms with Crippen molar-refractivity contribution in [3.8, 4) is 0 Å². The molecule has 1 aliphatic heterocycles. The first kappa shape index (κ1) is 16.4. The van der Waals surface area contributed by atoms with Gasteiger partial charge in [0.2, 0.25) is 0 Å². The number of carbonyl (C=O) groups is 2. The van der Waals surface area contributed by atoms with Gasteiger partial charge in [-0.2, -0.15) is 0 Å². The van der Waals surface area contributed by atoms with E-state index in [1.165, 1.54) is 16.2 Å². The number of thiazole rings is 1. The Morgan fingerprint density at radius 2 is 1.73 bits per heavy atom. The summed E-state index contributed by atoms with van der Waals surface area (Å²) in [6, 6.07) is 14.6. The maximum atomic E-state index is 13.2. The lowest BCUT2D eigenvalue weighted by Crippen LogP contribution is -2.41. The number of rotatable bonds is 2. The Labute approximate surface area is 155 Å². The van der Waals surface area contributed by atoms with E-state index in [4.69, 9.17) is 0 Å². The fourth-order valence-corrected chi connectivity index (χ4v) is 3.66. The van der Waals surface area contributed by atoms with Crippen LogP contribution in [0.3, 0.4) is 0 Å². The molecule has 3 aromatic rings. The summed E-state index contributed by atoms with van der Waals surface area (Å²) in [6.45, 7) is 3.86. The second-order valence-corrected chi connectivity index (χ2v) is 7.24. The van der Waals surface area contributed by atoms with Gasteiger partial charge in [0, 0.05) is 16.5 Å². The molecule has 26 heavy (non-hydrogen) atoms. The zero-order valence-electron chi connectivity index (χ0n) is 14.4. The number of nitrogens with zero attached hydrogens (tertiary/aromatic N) is 2. The molecule has 0 saturated carbocycles. The van der Waals surface area contributed by atoms with Crippen molar-refractivity contribution >= 4 is 40.5 Å². The van der Waals surface area contributed by atoms with E-state index in [-0.39, 0.29) is 11.8 Å². The lowest BCUT2D eigenvalue weighted by atomic mass is 9.92. The van der Waals surface area contributed by atoms with Crippen molar-refractivity contribution in [3.05, 3.63) is 81.3 Å². The second-order valence-electron chi connectivity index (χ2n) is 6.18. The highest BCUT2D eigenvalue weighted by atomic mass is 32.1. The third-order valence-corrected chi connectivity index (χ3v) is 5.06. The maximum Gasteiger partial charge on any atom is 0.266 e. The van der Waals surface area contributed by atoms with E-state index in [0.29, 0.717) is 22.4 Å². The van der Waals surface area contributed by atoms with E-state index in [2.05, 4.69) is 4.98 Å². The Hall–Kier alpha value is -3.05. The van der Waals surface area contributed by atoms with Crippen LogP contribution in [-0.4, -0.2) is 16.8 Å². The zero-order valence-corrected chi connectivity index (χ0v) is 15.2. The number of amides is 2. The number of hydrogen-bond acceptors (Lipinski definition) is 4. The van der Waals surface area contributed by atoms with E-state index >= 15 is 0 Å². The SMILES string of the molecule is Cc1cccc(N2C(=O)C(=Cc3csc(C)n3)c3ccccc3C2=O)c1. The number of benzene rings is 2. The van der Waals surface area contributed by atoms with Crippen molar-refractivity contribution < 1.29 is 9.59 Å². The van der Waals surface area contributed by atoms with Gasteiger partial charge in [-0.3, -0.25) is 9.59 Å². The summed E-state index contributed by atoms with van der Waals surface area (Å²) in [4.78, 5) is 31.9. The first-order valence-corrected chi connectivity index (χ1v) is 9.11. The molecular formula is C21H16N2O2S. The molecular weight excluding hydrogens is 344 g/mol. The first-order chi connectivity index (χ1) is 12.5. The van der Waals surface area contributed by atoms with Crippen LogP contribution in [0.4, 0.5) is 5.69 Å². The van der Waals surface area contributed by atoms with E-state index in [1.807, 2.05) is 55.6 Å². The second kappa shape index (κ2) is 6.35. The van der Waals surface area contributed by atoms with Crippen molar-refractivity contribution in [1.29, 1.82) is 0 Å². The third kappa shape index (κ3) is 2.76. The Balaban J connectivity index is 1.91. The fraction of sp³-hybridized carbons (Fsp3) is 0.0952. The van der Waals surface area contributed by atoms with Gasteiger partial charge in [0.15, 0.2) is 0 Å². The molecule has 2 amide bonds. The number of anilines is 1. The summed E-state index contributed by atoms with van der Waals surface area (Å²) in [7, 11) is 0. The van der Waals surface area contributed by atoms with Gasteiger partial charge >= 0.3 is 0 Å². The Morgan fingerprint density at radius 1 is 0.962 bits per heavy atom. The van der Waals surface area contributed by atoms with Gasteiger partial charge in [0.1, 0.15) is 0 Å². The number of imide groups is 1. The summed E-state index contributed by atoms with van der Waals surface area (Å²) in [5.74, 6) is -0.632. The van der Waals surface area contributed by atoms with Crippen molar-refractivity contribution in [2.75, 3.05) is 4.90 Å².